The molecule has 0 spiro atoms. The molecule has 2 saturated heterocycles. The molecule has 0 radical (unpaired) electrons. The van der Waals surface area contributed by atoms with Crippen LogP contribution < -0.4 is 10.4 Å². The topological polar surface area (TPSA) is 71.5 Å². The molecule has 10 heteroatoms. The molecule has 33 heavy (non-hydrogen) atoms. The van der Waals surface area contributed by atoms with Gasteiger partial charge in [0, 0.05) is 6.54 Å². The summed E-state index contributed by atoms with van der Waals surface area (Å²) in [6.45, 7) is 16.4. The zero-order chi connectivity index (χ0) is 24.8. The van der Waals surface area contributed by atoms with E-state index < -0.39 is 32.5 Å². The maximum atomic E-state index is 15.0. The Morgan fingerprint density at radius 3 is 2.30 bits per heavy atom. The van der Waals surface area contributed by atoms with Crippen molar-refractivity contribution in [2.75, 3.05) is 24.7 Å². The zero-order valence-electron chi connectivity index (χ0n) is 21.2. The lowest BCUT2D eigenvalue weighted by molar-refractivity contribution is -0.184. The molecule has 2 fully saturated rings. The van der Waals surface area contributed by atoms with Crippen LogP contribution >= 0.6 is 0 Å². The molecule has 0 aromatic heterocycles. The molecule has 7 nitrogen and oxygen atoms in total. The van der Waals surface area contributed by atoms with Crippen molar-refractivity contribution in [1.29, 1.82) is 0 Å². The van der Waals surface area contributed by atoms with Crippen LogP contribution in [0, 0.1) is 5.82 Å². The van der Waals surface area contributed by atoms with Crippen molar-refractivity contribution in [3.63, 3.8) is 0 Å². The number of nitrogens with zero attached hydrogens (tertiary/aromatic N) is 2. The molecular formula is C23H38BFN2O5Si. The van der Waals surface area contributed by atoms with Crippen molar-refractivity contribution in [3.05, 3.63) is 24.0 Å². The SMILES string of the molecule is CC1(C)OB(c2ccc(N3CON(CCCC(C)(C)[Si](C)(C)O)CC3=O)c(F)c2)OC1(C)C. The second-order valence-electron chi connectivity index (χ2n) is 11.3. The number of rotatable bonds is 7. The average Bonchev–Trinajstić information content (AvgIpc) is 2.88. The average molecular weight is 480 g/mol. The number of hydrogen-bond donors (Lipinski definition) is 1. The minimum Gasteiger partial charge on any atom is -0.432 e. The lowest BCUT2D eigenvalue weighted by atomic mass is 9.79. The third kappa shape index (κ3) is 5.52. The van der Waals surface area contributed by atoms with E-state index in [0.717, 1.165) is 12.8 Å². The van der Waals surface area contributed by atoms with Crippen LogP contribution in [0.2, 0.25) is 18.1 Å². The number of hydrogen-bond acceptors (Lipinski definition) is 6. The van der Waals surface area contributed by atoms with Gasteiger partial charge in [0.15, 0.2) is 8.32 Å². The van der Waals surface area contributed by atoms with Gasteiger partial charge in [-0.25, -0.2) is 4.39 Å². The van der Waals surface area contributed by atoms with E-state index in [-0.39, 0.29) is 29.9 Å². The molecule has 0 aliphatic carbocycles. The van der Waals surface area contributed by atoms with Crippen molar-refractivity contribution >= 4 is 32.5 Å². The van der Waals surface area contributed by atoms with Gasteiger partial charge in [0.25, 0.3) is 0 Å². The summed E-state index contributed by atoms with van der Waals surface area (Å²) in [5.41, 5.74) is -0.289. The molecule has 2 aliphatic heterocycles. The Morgan fingerprint density at radius 2 is 1.79 bits per heavy atom. The number of carbonyl (C=O) groups excluding carboxylic acids is 1. The quantitative estimate of drug-likeness (QED) is 0.604. The number of benzene rings is 1. The molecule has 1 N–H and O–H groups in total. The summed E-state index contributed by atoms with van der Waals surface area (Å²) in [5.74, 6) is -0.746. The van der Waals surface area contributed by atoms with Gasteiger partial charge >= 0.3 is 7.12 Å². The zero-order valence-corrected chi connectivity index (χ0v) is 22.2. The van der Waals surface area contributed by atoms with Crippen LogP contribution in [0.25, 0.3) is 0 Å². The van der Waals surface area contributed by atoms with E-state index >= 15 is 0 Å². The first kappa shape index (κ1) is 26.3. The molecule has 2 heterocycles. The highest BCUT2D eigenvalue weighted by Gasteiger charge is 2.51. The second kappa shape index (κ2) is 9.05. The first-order valence-electron chi connectivity index (χ1n) is 11.6. The van der Waals surface area contributed by atoms with Crippen LogP contribution in [-0.4, -0.2) is 62.2 Å². The maximum absolute atomic E-state index is 15.0. The van der Waals surface area contributed by atoms with Gasteiger partial charge in [-0.1, -0.05) is 19.9 Å². The van der Waals surface area contributed by atoms with Gasteiger partial charge in [-0.15, -0.1) is 0 Å². The van der Waals surface area contributed by atoms with Crippen LogP contribution in [0.3, 0.4) is 0 Å². The Labute approximate surface area is 198 Å². The highest BCUT2D eigenvalue weighted by atomic mass is 28.4. The molecule has 0 atom stereocenters. The summed E-state index contributed by atoms with van der Waals surface area (Å²) in [6, 6.07) is 4.66. The molecule has 1 aromatic carbocycles. The predicted molar refractivity (Wildman–Crippen MR) is 130 cm³/mol. The van der Waals surface area contributed by atoms with Crippen LogP contribution in [0.4, 0.5) is 10.1 Å². The van der Waals surface area contributed by atoms with Gasteiger partial charge < -0.3 is 14.1 Å². The third-order valence-electron chi connectivity index (χ3n) is 7.64. The third-order valence-corrected chi connectivity index (χ3v) is 11.2. The number of amides is 1. The van der Waals surface area contributed by atoms with Crippen LogP contribution in [-0.2, 0) is 18.9 Å². The predicted octanol–water partition coefficient (Wildman–Crippen LogP) is 3.42. The van der Waals surface area contributed by atoms with Gasteiger partial charge in [-0.05, 0) is 76.3 Å². The van der Waals surface area contributed by atoms with Crippen molar-refractivity contribution in [3.8, 4) is 0 Å². The van der Waals surface area contributed by atoms with Crippen molar-refractivity contribution in [2.45, 2.75) is 83.7 Å². The molecule has 2 aliphatic rings. The van der Waals surface area contributed by atoms with E-state index in [4.69, 9.17) is 14.1 Å². The Bertz CT molecular complexity index is 874. The molecule has 0 bridgehead atoms. The summed E-state index contributed by atoms with van der Waals surface area (Å²) in [6.07, 6.45) is 1.64. The minimum atomic E-state index is -2.27. The summed E-state index contributed by atoms with van der Waals surface area (Å²) < 4.78 is 27.0. The van der Waals surface area contributed by atoms with Gasteiger partial charge in [-0.2, -0.15) is 5.06 Å². The number of halogens is 1. The van der Waals surface area contributed by atoms with Crippen molar-refractivity contribution < 1.29 is 28.1 Å². The Hall–Kier alpha value is -1.30. The number of hydroxylamine groups is 2. The smallest absolute Gasteiger partial charge is 0.432 e. The molecule has 1 aromatic rings. The van der Waals surface area contributed by atoms with Gasteiger partial charge in [0.05, 0.1) is 16.9 Å². The first-order chi connectivity index (χ1) is 15.0. The van der Waals surface area contributed by atoms with E-state index in [1.165, 1.54) is 11.0 Å². The Kier molecular flexibility index (Phi) is 7.22. The van der Waals surface area contributed by atoms with E-state index in [0.29, 0.717) is 12.0 Å². The molecule has 3 rings (SSSR count). The summed E-state index contributed by atoms with van der Waals surface area (Å²) in [4.78, 5) is 30.2. The highest BCUT2D eigenvalue weighted by molar-refractivity contribution is 6.72. The van der Waals surface area contributed by atoms with Crippen LogP contribution in [0.15, 0.2) is 18.2 Å². The van der Waals surface area contributed by atoms with Gasteiger partial charge in [0.1, 0.15) is 19.1 Å². The van der Waals surface area contributed by atoms with Gasteiger partial charge in [-0.3, -0.25) is 14.5 Å². The van der Waals surface area contributed by atoms with E-state index in [1.54, 1.807) is 17.2 Å². The fourth-order valence-electron chi connectivity index (χ4n) is 3.71. The number of anilines is 1. The fourth-order valence-corrected chi connectivity index (χ4v) is 4.50. The lowest BCUT2D eigenvalue weighted by Gasteiger charge is -2.37. The normalized spacial score (nSPS) is 21.7. The monoisotopic (exact) mass is 480 g/mol. The summed E-state index contributed by atoms with van der Waals surface area (Å²) >= 11 is 0. The van der Waals surface area contributed by atoms with Crippen LogP contribution in [0.1, 0.15) is 54.4 Å². The summed E-state index contributed by atoms with van der Waals surface area (Å²) in [5, 5.41) is 1.50. The van der Waals surface area contributed by atoms with E-state index in [1.807, 2.05) is 40.8 Å². The fraction of sp³-hybridized carbons (Fsp3) is 0.696. The van der Waals surface area contributed by atoms with Gasteiger partial charge in [0.2, 0.25) is 5.91 Å². The molecule has 1 amide bonds. The molecular weight excluding hydrogens is 442 g/mol. The largest absolute Gasteiger partial charge is 0.494 e. The second-order valence-corrected chi connectivity index (χ2v) is 15.8. The molecule has 0 unspecified atom stereocenters. The Morgan fingerprint density at radius 1 is 1.18 bits per heavy atom. The highest BCUT2D eigenvalue weighted by Crippen LogP contribution is 2.40. The minimum absolute atomic E-state index is 0.0464. The first-order valence-corrected chi connectivity index (χ1v) is 14.5. The molecule has 0 saturated carbocycles. The lowest BCUT2D eigenvalue weighted by Crippen LogP contribution is -2.50. The van der Waals surface area contributed by atoms with Crippen molar-refractivity contribution in [1.82, 2.24) is 5.06 Å². The van der Waals surface area contributed by atoms with E-state index in [9.17, 15) is 14.0 Å². The van der Waals surface area contributed by atoms with E-state index in [2.05, 4.69) is 13.8 Å². The number of carbonyl (C=O) groups is 1. The summed E-state index contributed by atoms with van der Waals surface area (Å²) in [7, 11) is -2.94. The Balaban J connectivity index is 1.59. The molecule has 184 valence electrons. The maximum Gasteiger partial charge on any atom is 0.494 e. The van der Waals surface area contributed by atoms with Crippen molar-refractivity contribution in [2.24, 2.45) is 0 Å². The van der Waals surface area contributed by atoms with Crippen LogP contribution in [0.5, 0.6) is 0 Å². The standard InChI is InChI=1S/C23H38BFN2O5Si/c1-21(2,33(7,8)29)12-9-13-26-15-20(28)27(16-30-26)19-11-10-17(14-18(19)25)24-31-22(3,4)23(5,6)32-24/h10-11,14,29H,9,12-13,15-16H2,1-8H3.